The van der Waals surface area contributed by atoms with Crippen LogP contribution in [0.15, 0.2) is 152 Å². The van der Waals surface area contributed by atoms with Gasteiger partial charge < -0.3 is 4.57 Å². The summed E-state index contributed by atoms with van der Waals surface area (Å²) in [5, 5.41) is 4.76. The van der Waals surface area contributed by atoms with E-state index in [4.69, 9.17) is 9.97 Å². The van der Waals surface area contributed by atoms with Gasteiger partial charge in [0.2, 0.25) is 0 Å². The van der Waals surface area contributed by atoms with Crippen LogP contribution in [-0.4, -0.2) is 24.1 Å². The first-order valence-corrected chi connectivity index (χ1v) is 14.7. The Kier molecular flexibility index (Phi) is 5.43. The van der Waals surface area contributed by atoms with Crippen LogP contribution in [0.25, 0.3) is 77.8 Å². The van der Waals surface area contributed by atoms with Crippen molar-refractivity contribution < 1.29 is 0 Å². The third kappa shape index (κ3) is 3.69. The van der Waals surface area contributed by atoms with Gasteiger partial charge in [-0.15, -0.1) is 0 Å². The molecule has 9 rings (SSSR count). The SMILES string of the molecule is c1ccc(-c2nc(-c3ccccc3-n3c4ccccc4c4ccncc43)cc(-n3c4ccccc4c4ccccc43)n2)cc1. The molecule has 0 N–H and O–H groups in total. The predicted molar refractivity (Wildman–Crippen MR) is 179 cm³/mol. The number of pyridine rings is 1. The highest BCUT2D eigenvalue weighted by molar-refractivity contribution is 6.10. The number of fused-ring (bicyclic) bond motifs is 6. The van der Waals surface area contributed by atoms with Crippen LogP contribution in [0.5, 0.6) is 0 Å². The van der Waals surface area contributed by atoms with Gasteiger partial charge in [0.25, 0.3) is 0 Å². The smallest absolute Gasteiger partial charge is 0.162 e. The van der Waals surface area contributed by atoms with Gasteiger partial charge in [-0.1, -0.05) is 103 Å². The average Bonchev–Trinajstić information content (AvgIpc) is 3.62. The molecule has 4 aromatic heterocycles. The van der Waals surface area contributed by atoms with E-state index in [1.165, 1.54) is 21.5 Å². The van der Waals surface area contributed by atoms with Crippen LogP contribution in [0.1, 0.15) is 0 Å². The van der Waals surface area contributed by atoms with Crippen molar-refractivity contribution in [3.8, 4) is 34.2 Å². The maximum Gasteiger partial charge on any atom is 0.162 e. The molecule has 0 aliphatic carbocycles. The minimum atomic E-state index is 0.679. The zero-order valence-electron chi connectivity index (χ0n) is 23.7. The van der Waals surface area contributed by atoms with Crippen molar-refractivity contribution in [1.29, 1.82) is 0 Å². The van der Waals surface area contributed by atoms with E-state index >= 15 is 0 Å². The molecule has 5 heteroatoms. The maximum absolute atomic E-state index is 5.22. The fourth-order valence-corrected chi connectivity index (χ4v) is 6.54. The Bertz CT molecular complexity index is 2400. The summed E-state index contributed by atoms with van der Waals surface area (Å²) in [4.78, 5) is 14.9. The van der Waals surface area contributed by atoms with E-state index in [9.17, 15) is 0 Å². The summed E-state index contributed by atoms with van der Waals surface area (Å²) in [6.45, 7) is 0. The van der Waals surface area contributed by atoms with Crippen LogP contribution in [-0.2, 0) is 0 Å². The second-order valence-corrected chi connectivity index (χ2v) is 10.9. The normalized spacial score (nSPS) is 11.6. The molecule has 5 nitrogen and oxygen atoms in total. The number of aromatic nitrogens is 5. The Hall–Kier alpha value is -6.07. The lowest BCUT2D eigenvalue weighted by Gasteiger charge is -2.16. The molecule has 0 bridgehead atoms. The third-order valence-electron chi connectivity index (χ3n) is 8.45. The fourth-order valence-electron chi connectivity index (χ4n) is 6.54. The number of benzene rings is 5. The number of hydrogen-bond acceptors (Lipinski definition) is 3. The lowest BCUT2D eigenvalue weighted by Crippen LogP contribution is -2.04. The molecule has 9 aromatic rings. The highest BCUT2D eigenvalue weighted by atomic mass is 15.1. The zero-order valence-corrected chi connectivity index (χ0v) is 23.7. The van der Waals surface area contributed by atoms with Gasteiger partial charge in [0, 0.05) is 44.9 Å². The van der Waals surface area contributed by atoms with Crippen LogP contribution < -0.4 is 0 Å². The van der Waals surface area contributed by atoms with Crippen molar-refractivity contribution in [1.82, 2.24) is 24.1 Å². The minimum Gasteiger partial charge on any atom is -0.307 e. The third-order valence-corrected chi connectivity index (χ3v) is 8.45. The predicted octanol–water partition coefficient (Wildman–Crippen LogP) is 9.40. The van der Waals surface area contributed by atoms with Crippen molar-refractivity contribution in [3.63, 3.8) is 0 Å². The minimum absolute atomic E-state index is 0.679. The molecule has 5 aromatic carbocycles. The fraction of sp³-hybridized carbons (Fsp3) is 0. The van der Waals surface area contributed by atoms with Gasteiger partial charge in [-0.2, -0.15) is 0 Å². The summed E-state index contributed by atoms with van der Waals surface area (Å²) >= 11 is 0. The largest absolute Gasteiger partial charge is 0.307 e. The molecule has 0 saturated heterocycles. The molecule has 0 aliphatic rings. The van der Waals surface area contributed by atoms with E-state index in [2.05, 4.69) is 135 Å². The monoisotopic (exact) mass is 563 g/mol. The quantitative estimate of drug-likeness (QED) is 0.214. The summed E-state index contributed by atoms with van der Waals surface area (Å²) in [5.74, 6) is 1.50. The van der Waals surface area contributed by atoms with Crippen LogP contribution >= 0.6 is 0 Å². The standard InChI is InChI=1S/C39H25N5/c1-2-12-26(13-3-1)39-41-32(24-38(42-39)44-34-19-9-5-14-27(34)28-15-6-10-20-35(28)44)31-17-7-11-21-36(31)43-33-18-8-4-16-29(33)30-22-23-40-25-37(30)43/h1-25H. The van der Waals surface area contributed by atoms with Gasteiger partial charge in [-0.05, 0) is 30.3 Å². The van der Waals surface area contributed by atoms with Crippen molar-refractivity contribution in [3.05, 3.63) is 152 Å². The first-order valence-electron chi connectivity index (χ1n) is 14.7. The van der Waals surface area contributed by atoms with E-state index in [-0.39, 0.29) is 0 Å². The summed E-state index contributed by atoms with van der Waals surface area (Å²) in [6.07, 6.45) is 3.81. The summed E-state index contributed by atoms with van der Waals surface area (Å²) in [6, 6.07) is 48.5. The van der Waals surface area contributed by atoms with Crippen LogP contribution in [0.2, 0.25) is 0 Å². The van der Waals surface area contributed by atoms with E-state index in [1.807, 2.05) is 30.6 Å². The van der Waals surface area contributed by atoms with Gasteiger partial charge in [0.15, 0.2) is 5.82 Å². The van der Waals surface area contributed by atoms with Crippen LogP contribution in [0.3, 0.4) is 0 Å². The summed E-state index contributed by atoms with van der Waals surface area (Å²) in [7, 11) is 0. The van der Waals surface area contributed by atoms with Gasteiger partial charge in [0.1, 0.15) is 5.82 Å². The van der Waals surface area contributed by atoms with Gasteiger partial charge in [-0.25, -0.2) is 9.97 Å². The number of rotatable bonds is 4. The summed E-state index contributed by atoms with van der Waals surface area (Å²) in [5.41, 5.74) is 8.27. The topological polar surface area (TPSA) is 48.5 Å². The molecule has 0 atom stereocenters. The molecule has 0 aliphatic heterocycles. The highest BCUT2D eigenvalue weighted by Gasteiger charge is 2.19. The van der Waals surface area contributed by atoms with Crippen molar-refractivity contribution in [2.45, 2.75) is 0 Å². The van der Waals surface area contributed by atoms with Crippen LogP contribution in [0, 0.1) is 0 Å². The first kappa shape index (κ1) is 24.5. The Balaban J connectivity index is 1.36. The Morgan fingerprint density at radius 2 is 1.02 bits per heavy atom. The molecule has 206 valence electrons. The Morgan fingerprint density at radius 1 is 0.455 bits per heavy atom. The molecule has 44 heavy (non-hydrogen) atoms. The first-order chi connectivity index (χ1) is 21.8. The average molecular weight is 564 g/mol. The maximum atomic E-state index is 5.22. The zero-order chi connectivity index (χ0) is 29.0. The van der Waals surface area contributed by atoms with Crippen molar-refractivity contribution in [2.24, 2.45) is 0 Å². The molecule has 0 saturated carbocycles. The Labute approximate surface area is 253 Å². The molecule has 0 radical (unpaired) electrons. The molecule has 0 spiro atoms. The van der Waals surface area contributed by atoms with Gasteiger partial charge in [-0.3, -0.25) is 9.55 Å². The lowest BCUT2D eigenvalue weighted by atomic mass is 10.1. The van der Waals surface area contributed by atoms with Crippen molar-refractivity contribution in [2.75, 3.05) is 0 Å². The van der Waals surface area contributed by atoms with Gasteiger partial charge in [0.05, 0.1) is 39.6 Å². The lowest BCUT2D eigenvalue weighted by molar-refractivity contribution is 1.04. The molecule has 4 heterocycles. The van der Waals surface area contributed by atoms with E-state index in [0.29, 0.717) is 5.82 Å². The second-order valence-electron chi connectivity index (χ2n) is 10.9. The number of hydrogen-bond donors (Lipinski definition) is 0. The number of nitrogens with zero attached hydrogens (tertiary/aromatic N) is 5. The van der Waals surface area contributed by atoms with Gasteiger partial charge >= 0.3 is 0 Å². The van der Waals surface area contributed by atoms with E-state index in [0.717, 1.165) is 50.4 Å². The summed E-state index contributed by atoms with van der Waals surface area (Å²) < 4.78 is 4.56. The second kappa shape index (κ2) is 9.75. The highest BCUT2D eigenvalue weighted by Crippen LogP contribution is 2.37. The molecule has 0 unspecified atom stereocenters. The van der Waals surface area contributed by atoms with Crippen LogP contribution in [0.4, 0.5) is 0 Å². The van der Waals surface area contributed by atoms with Crippen molar-refractivity contribution >= 4 is 43.6 Å². The molecule has 0 fully saturated rings. The molecule has 0 amide bonds. The van der Waals surface area contributed by atoms with E-state index < -0.39 is 0 Å². The molecular formula is C39H25N5. The number of para-hydroxylation sites is 4. The van der Waals surface area contributed by atoms with E-state index in [1.54, 1.807) is 0 Å². The Morgan fingerprint density at radius 3 is 1.73 bits per heavy atom. The molecular weight excluding hydrogens is 538 g/mol.